The first kappa shape index (κ1) is 13.1. The molecule has 1 fully saturated rings. The molecule has 1 aromatic rings. The maximum absolute atomic E-state index is 13.9. The van der Waals surface area contributed by atoms with Gasteiger partial charge in [0.2, 0.25) is 0 Å². The fourth-order valence-corrected chi connectivity index (χ4v) is 2.20. The fourth-order valence-electron chi connectivity index (χ4n) is 2.20. The molecular formula is C14H21FN2O. The number of nitrogens with zero attached hydrogens (tertiary/aromatic N) is 1. The lowest BCUT2D eigenvalue weighted by Gasteiger charge is -2.33. The standard InChI is InChI=1S/C14H21FN2O/c1-10(2)18-14-5-4-12(8-13(14)15)17-7-6-16-11(3)9-17/h4-5,8,10-11,16H,6-7,9H2,1-3H3/t11-/m1/s1. The van der Waals surface area contributed by atoms with Gasteiger partial charge in [-0.05, 0) is 32.9 Å². The van der Waals surface area contributed by atoms with E-state index in [0.717, 1.165) is 25.3 Å². The summed E-state index contributed by atoms with van der Waals surface area (Å²) < 4.78 is 19.3. The summed E-state index contributed by atoms with van der Waals surface area (Å²) in [4.78, 5) is 2.20. The van der Waals surface area contributed by atoms with Gasteiger partial charge in [0.25, 0.3) is 0 Å². The van der Waals surface area contributed by atoms with Crippen LogP contribution in [0, 0.1) is 5.82 Å². The fraction of sp³-hybridized carbons (Fsp3) is 0.571. The maximum Gasteiger partial charge on any atom is 0.167 e. The molecule has 1 aliphatic heterocycles. The molecular weight excluding hydrogens is 231 g/mol. The Labute approximate surface area is 108 Å². The molecule has 0 radical (unpaired) electrons. The Morgan fingerprint density at radius 3 is 2.83 bits per heavy atom. The Kier molecular flexibility index (Phi) is 4.07. The summed E-state index contributed by atoms with van der Waals surface area (Å²) in [6, 6.07) is 5.65. The highest BCUT2D eigenvalue weighted by Crippen LogP contribution is 2.25. The van der Waals surface area contributed by atoms with Crippen molar-refractivity contribution < 1.29 is 9.13 Å². The lowest BCUT2D eigenvalue weighted by atomic mass is 10.2. The first-order valence-corrected chi connectivity index (χ1v) is 6.51. The van der Waals surface area contributed by atoms with Crippen molar-refractivity contribution in [3.05, 3.63) is 24.0 Å². The molecule has 2 rings (SSSR count). The number of anilines is 1. The molecule has 1 aromatic carbocycles. The van der Waals surface area contributed by atoms with Crippen LogP contribution in [0.5, 0.6) is 5.75 Å². The topological polar surface area (TPSA) is 24.5 Å². The second-order valence-corrected chi connectivity index (χ2v) is 5.08. The van der Waals surface area contributed by atoms with Crippen molar-refractivity contribution in [2.24, 2.45) is 0 Å². The van der Waals surface area contributed by atoms with Crippen LogP contribution >= 0.6 is 0 Å². The highest BCUT2D eigenvalue weighted by molar-refractivity contribution is 5.50. The van der Waals surface area contributed by atoms with E-state index in [1.165, 1.54) is 0 Å². The van der Waals surface area contributed by atoms with E-state index in [0.29, 0.717) is 11.8 Å². The van der Waals surface area contributed by atoms with Crippen LogP contribution in [0.3, 0.4) is 0 Å². The molecule has 0 saturated carbocycles. The van der Waals surface area contributed by atoms with Gasteiger partial charge in [-0.1, -0.05) is 0 Å². The molecule has 4 heteroatoms. The quantitative estimate of drug-likeness (QED) is 0.894. The average Bonchev–Trinajstić information content (AvgIpc) is 2.31. The summed E-state index contributed by atoms with van der Waals surface area (Å²) in [6.07, 6.45) is -0.00967. The summed E-state index contributed by atoms with van der Waals surface area (Å²) in [5, 5.41) is 3.37. The van der Waals surface area contributed by atoms with Gasteiger partial charge in [-0.15, -0.1) is 0 Å². The monoisotopic (exact) mass is 252 g/mol. The molecule has 100 valence electrons. The number of piperazine rings is 1. The minimum absolute atomic E-state index is 0.00967. The summed E-state index contributed by atoms with van der Waals surface area (Å²) in [5.74, 6) is 0.0457. The van der Waals surface area contributed by atoms with E-state index >= 15 is 0 Å². The Morgan fingerprint density at radius 2 is 2.22 bits per heavy atom. The van der Waals surface area contributed by atoms with E-state index in [-0.39, 0.29) is 11.9 Å². The van der Waals surface area contributed by atoms with Gasteiger partial charge in [0, 0.05) is 37.4 Å². The van der Waals surface area contributed by atoms with Crippen LogP contribution in [0.25, 0.3) is 0 Å². The molecule has 0 spiro atoms. The Morgan fingerprint density at radius 1 is 1.44 bits per heavy atom. The number of hydrogen-bond acceptors (Lipinski definition) is 3. The zero-order valence-electron chi connectivity index (χ0n) is 11.2. The van der Waals surface area contributed by atoms with Gasteiger partial charge in [0.1, 0.15) is 0 Å². The lowest BCUT2D eigenvalue weighted by molar-refractivity contribution is 0.231. The van der Waals surface area contributed by atoms with Gasteiger partial charge in [-0.3, -0.25) is 0 Å². The number of rotatable bonds is 3. The van der Waals surface area contributed by atoms with Crippen LogP contribution in [0.15, 0.2) is 18.2 Å². The Hall–Kier alpha value is -1.29. The molecule has 1 saturated heterocycles. The van der Waals surface area contributed by atoms with E-state index in [4.69, 9.17) is 4.74 Å². The van der Waals surface area contributed by atoms with E-state index in [1.807, 2.05) is 19.9 Å². The largest absolute Gasteiger partial charge is 0.488 e. The Bertz CT molecular complexity index is 409. The third-order valence-electron chi connectivity index (χ3n) is 3.01. The first-order chi connectivity index (χ1) is 8.56. The highest BCUT2D eigenvalue weighted by atomic mass is 19.1. The minimum Gasteiger partial charge on any atom is -0.488 e. The van der Waals surface area contributed by atoms with Crippen LogP contribution < -0.4 is 15.0 Å². The molecule has 1 aliphatic rings. The van der Waals surface area contributed by atoms with Crippen molar-refractivity contribution in [1.82, 2.24) is 5.32 Å². The van der Waals surface area contributed by atoms with Crippen molar-refractivity contribution in [1.29, 1.82) is 0 Å². The number of hydrogen-bond donors (Lipinski definition) is 1. The summed E-state index contributed by atoms with van der Waals surface area (Å²) in [6.45, 7) is 8.68. The molecule has 1 heterocycles. The number of nitrogens with one attached hydrogen (secondary N) is 1. The molecule has 0 aliphatic carbocycles. The van der Waals surface area contributed by atoms with E-state index in [2.05, 4.69) is 17.1 Å². The molecule has 3 nitrogen and oxygen atoms in total. The van der Waals surface area contributed by atoms with Crippen LogP contribution in [-0.4, -0.2) is 31.8 Å². The van der Waals surface area contributed by atoms with E-state index in [9.17, 15) is 4.39 Å². The van der Waals surface area contributed by atoms with Crippen LogP contribution in [0.2, 0.25) is 0 Å². The number of benzene rings is 1. The summed E-state index contributed by atoms with van der Waals surface area (Å²) >= 11 is 0. The summed E-state index contributed by atoms with van der Waals surface area (Å²) in [5.41, 5.74) is 0.928. The maximum atomic E-state index is 13.9. The van der Waals surface area contributed by atoms with Gasteiger partial charge in [0.05, 0.1) is 6.10 Å². The first-order valence-electron chi connectivity index (χ1n) is 6.51. The molecule has 1 N–H and O–H groups in total. The second kappa shape index (κ2) is 5.57. The zero-order chi connectivity index (χ0) is 13.1. The Balaban J connectivity index is 2.12. The van der Waals surface area contributed by atoms with Crippen molar-refractivity contribution in [2.45, 2.75) is 32.9 Å². The van der Waals surface area contributed by atoms with Crippen molar-refractivity contribution >= 4 is 5.69 Å². The lowest BCUT2D eigenvalue weighted by Crippen LogP contribution is -2.49. The molecule has 0 aromatic heterocycles. The highest BCUT2D eigenvalue weighted by Gasteiger charge is 2.17. The molecule has 18 heavy (non-hydrogen) atoms. The second-order valence-electron chi connectivity index (χ2n) is 5.08. The smallest absolute Gasteiger partial charge is 0.167 e. The van der Waals surface area contributed by atoms with Gasteiger partial charge in [-0.2, -0.15) is 0 Å². The van der Waals surface area contributed by atoms with Gasteiger partial charge >= 0.3 is 0 Å². The predicted octanol–water partition coefficient (Wildman–Crippen LogP) is 2.41. The normalized spacial score (nSPS) is 20.3. The predicted molar refractivity (Wildman–Crippen MR) is 71.8 cm³/mol. The van der Waals surface area contributed by atoms with Crippen LogP contribution in [0.1, 0.15) is 20.8 Å². The van der Waals surface area contributed by atoms with Gasteiger partial charge in [-0.25, -0.2) is 4.39 Å². The molecule has 0 bridgehead atoms. The van der Waals surface area contributed by atoms with Gasteiger partial charge < -0.3 is 15.0 Å². The van der Waals surface area contributed by atoms with E-state index in [1.54, 1.807) is 12.1 Å². The molecule has 0 unspecified atom stereocenters. The van der Waals surface area contributed by atoms with E-state index < -0.39 is 0 Å². The molecule has 1 atom stereocenters. The van der Waals surface area contributed by atoms with Crippen molar-refractivity contribution in [2.75, 3.05) is 24.5 Å². The van der Waals surface area contributed by atoms with Gasteiger partial charge in [0.15, 0.2) is 11.6 Å². The third-order valence-corrected chi connectivity index (χ3v) is 3.01. The van der Waals surface area contributed by atoms with Crippen LogP contribution in [-0.2, 0) is 0 Å². The SMILES string of the molecule is CC(C)Oc1ccc(N2CCN[C@H](C)C2)cc1F. The zero-order valence-corrected chi connectivity index (χ0v) is 11.2. The molecule has 0 amide bonds. The number of halogens is 1. The minimum atomic E-state index is -0.285. The average molecular weight is 252 g/mol. The van der Waals surface area contributed by atoms with Crippen molar-refractivity contribution in [3.63, 3.8) is 0 Å². The third kappa shape index (κ3) is 3.13. The number of ether oxygens (including phenoxy) is 1. The van der Waals surface area contributed by atoms with Crippen LogP contribution in [0.4, 0.5) is 10.1 Å². The summed E-state index contributed by atoms with van der Waals surface area (Å²) in [7, 11) is 0. The van der Waals surface area contributed by atoms with Crippen molar-refractivity contribution in [3.8, 4) is 5.75 Å².